The normalized spacial score (nSPS) is 12.5. The SMILES string of the molecule is C=C/C=C\C(C)(C)/C=N\C=C. The standard InChI is InChI=1S/C10H15N/c1-5-7-8-10(3,4)9-11-6-2/h5-9H,1-2H2,3-4H3/b8-7-,11-9-. The highest BCUT2D eigenvalue weighted by molar-refractivity contribution is 5.68. The number of allylic oxidation sites excluding steroid dienone is 3. The van der Waals surface area contributed by atoms with Crippen molar-refractivity contribution < 1.29 is 0 Å². The predicted molar refractivity (Wildman–Crippen MR) is 51.8 cm³/mol. The van der Waals surface area contributed by atoms with E-state index in [1.54, 1.807) is 6.08 Å². The van der Waals surface area contributed by atoms with Gasteiger partial charge in [0, 0.05) is 17.8 Å². The van der Waals surface area contributed by atoms with Crippen LogP contribution in [-0.4, -0.2) is 6.21 Å². The maximum absolute atomic E-state index is 3.95. The Labute approximate surface area is 68.9 Å². The van der Waals surface area contributed by atoms with Gasteiger partial charge in [0.1, 0.15) is 0 Å². The average molecular weight is 149 g/mol. The third-order valence-electron chi connectivity index (χ3n) is 1.17. The minimum absolute atomic E-state index is 0.0115. The molecule has 0 saturated carbocycles. The topological polar surface area (TPSA) is 12.4 Å². The third-order valence-corrected chi connectivity index (χ3v) is 1.17. The van der Waals surface area contributed by atoms with Crippen molar-refractivity contribution in [1.29, 1.82) is 0 Å². The number of hydrogen-bond donors (Lipinski definition) is 0. The van der Waals surface area contributed by atoms with Gasteiger partial charge in [0.25, 0.3) is 0 Å². The second-order valence-electron chi connectivity index (χ2n) is 2.88. The number of nitrogens with zero attached hydrogens (tertiary/aromatic N) is 1. The minimum Gasteiger partial charge on any atom is -0.269 e. The lowest BCUT2D eigenvalue weighted by molar-refractivity contribution is 0.694. The van der Waals surface area contributed by atoms with E-state index in [9.17, 15) is 0 Å². The molecule has 0 heterocycles. The largest absolute Gasteiger partial charge is 0.269 e. The molecule has 11 heavy (non-hydrogen) atoms. The predicted octanol–water partition coefficient (Wildman–Crippen LogP) is 2.97. The molecule has 0 unspecified atom stereocenters. The quantitative estimate of drug-likeness (QED) is 0.430. The van der Waals surface area contributed by atoms with Gasteiger partial charge in [0.05, 0.1) is 0 Å². The van der Waals surface area contributed by atoms with E-state index in [4.69, 9.17) is 0 Å². The van der Waals surface area contributed by atoms with E-state index in [0.717, 1.165) is 0 Å². The van der Waals surface area contributed by atoms with Crippen LogP contribution in [0.4, 0.5) is 0 Å². The van der Waals surface area contributed by atoms with Gasteiger partial charge in [-0.3, -0.25) is 4.99 Å². The lowest BCUT2D eigenvalue weighted by Gasteiger charge is -2.11. The molecule has 0 aromatic rings. The van der Waals surface area contributed by atoms with Crippen LogP contribution in [0.2, 0.25) is 0 Å². The molecule has 1 heteroatoms. The lowest BCUT2D eigenvalue weighted by atomic mass is 9.95. The van der Waals surface area contributed by atoms with Crippen molar-refractivity contribution in [3.63, 3.8) is 0 Å². The Bertz CT molecular complexity index is 165. The van der Waals surface area contributed by atoms with Gasteiger partial charge in [-0.25, -0.2) is 0 Å². The van der Waals surface area contributed by atoms with Crippen LogP contribution in [0.15, 0.2) is 42.6 Å². The van der Waals surface area contributed by atoms with Crippen molar-refractivity contribution in [2.75, 3.05) is 0 Å². The van der Waals surface area contributed by atoms with Crippen molar-refractivity contribution in [1.82, 2.24) is 0 Å². The Morgan fingerprint density at radius 2 is 1.91 bits per heavy atom. The maximum Gasteiger partial charge on any atom is 0.0192 e. The highest BCUT2D eigenvalue weighted by Crippen LogP contribution is 2.13. The molecule has 0 atom stereocenters. The number of aliphatic imine (C=N–C) groups is 1. The van der Waals surface area contributed by atoms with E-state index < -0.39 is 0 Å². The van der Waals surface area contributed by atoms with E-state index in [0.29, 0.717) is 0 Å². The van der Waals surface area contributed by atoms with Crippen LogP contribution < -0.4 is 0 Å². The fourth-order valence-electron chi connectivity index (χ4n) is 0.604. The third kappa shape index (κ3) is 5.34. The van der Waals surface area contributed by atoms with Gasteiger partial charge in [0.2, 0.25) is 0 Å². The summed E-state index contributed by atoms with van der Waals surface area (Å²) in [5.41, 5.74) is -0.0115. The Morgan fingerprint density at radius 3 is 2.36 bits per heavy atom. The molecule has 0 spiro atoms. The van der Waals surface area contributed by atoms with Gasteiger partial charge < -0.3 is 0 Å². The molecule has 0 radical (unpaired) electrons. The summed E-state index contributed by atoms with van der Waals surface area (Å²) in [5.74, 6) is 0. The molecule has 0 aliphatic carbocycles. The molecule has 60 valence electrons. The summed E-state index contributed by atoms with van der Waals surface area (Å²) >= 11 is 0. The van der Waals surface area contributed by atoms with Crippen molar-refractivity contribution in [2.45, 2.75) is 13.8 Å². The molecule has 0 fully saturated rings. The van der Waals surface area contributed by atoms with Gasteiger partial charge in [0.15, 0.2) is 0 Å². The molecule has 0 N–H and O–H groups in total. The first-order chi connectivity index (χ1) is 5.12. The van der Waals surface area contributed by atoms with Crippen molar-refractivity contribution >= 4 is 6.21 Å². The van der Waals surface area contributed by atoms with Gasteiger partial charge in [-0.1, -0.05) is 45.2 Å². The molecule has 0 aliphatic rings. The molecule has 0 saturated heterocycles. The van der Waals surface area contributed by atoms with Crippen LogP contribution in [0, 0.1) is 5.41 Å². The van der Waals surface area contributed by atoms with Crippen LogP contribution in [-0.2, 0) is 0 Å². The first-order valence-corrected chi connectivity index (χ1v) is 3.58. The van der Waals surface area contributed by atoms with E-state index in [1.165, 1.54) is 6.20 Å². The zero-order chi connectivity index (χ0) is 8.74. The summed E-state index contributed by atoms with van der Waals surface area (Å²) in [6, 6.07) is 0. The Hall–Kier alpha value is -1.11. The lowest BCUT2D eigenvalue weighted by Crippen LogP contribution is -2.07. The van der Waals surface area contributed by atoms with Crippen LogP contribution >= 0.6 is 0 Å². The first kappa shape index (κ1) is 9.89. The fraction of sp³-hybridized carbons (Fsp3) is 0.300. The van der Waals surface area contributed by atoms with Crippen LogP contribution in [0.5, 0.6) is 0 Å². The van der Waals surface area contributed by atoms with Crippen molar-refractivity contribution in [3.05, 3.63) is 37.6 Å². The van der Waals surface area contributed by atoms with Crippen LogP contribution in [0.1, 0.15) is 13.8 Å². The smallest absolute Gasteiger partial charge is 0.0192 e. The van der Waals surface area contributed by atoms with Gasteiger partial charge in [-0.15, -0.1) is 0 Å². The molecule has 0 amide bonds. The molecular formula is C10H15N. The molecular weight excluding hydrogens is 134 g/mol. The summed E-state index contributed by atoms with van der Waals surface area (Å²) in [4.78, 5) is 3.95. The number of hydrogen-bond acceptors (Lipinski definition) is 1. The molecule has 0 rings (SSSR count). The highest BCUT2D eigenvalue weighted by atomic mass is 14.7. The van der Waals surface area contributed by atoms with Crippen LogP contribution in [0.25, 0.3) is 0 Å². The first-order valence-electron chi connectivity index (χ1n) is 3.58. The van der Waals surface area contributed by atoms with Crippen LogP contribution in [0.3, 0.4) is 0 Å². The molecule has 0 aromatic carbocycles. The van der Waals surface area contributed by atoms with Gasteiger partial charge >= 0.3 is 0 Å². The summed E-state index contributed by atoms with van der Waals surface area (Å²) < 4.78 is 0. The Kier molecular flexibility index (Phi) is 4.20. The summed E-state index contributed by atoms with van der Waals surface area (Å²) in [6.07, 6.45) is 9.08. The average Bonchev–Trinajstić information content (AvgIpc) is 1.97. The van der Waals surface area contributed by atoms with Gasteiger partial charge in [-0.2, -0.15) is 0 Å². The monoisotopic (exact) mass is 149 g/mol. The zero-order valence-corrected chi connectivity index (χ0v) is 7.25. The van der Waals surface area contributed by atoms with E-state index >= 15 is 0 Å². The fourth-order valence-corrected chi connectivity index (χ4v) is 0.604. The van der Waals surface area contributed by atoms with Crippen molar-refractivity contribution in [2.24, 2.45) is 10.4 Å². The minimum atomic E-state index is -0.0115. The Morgan fingerprint density at radius 1 is 1.27 bits per heavy atom. The Balaban J connectivity index is 4.20. The second kappa shape index (κ2) is 4.67. The van der Waals surface area contributed by atoms with E-state index in [2.05, 4.69) is 32.0 Å². The highest BCUT2D eigenvalue weighted by Gasteiger charge is 2.07. The van der Waals surface area contributed by atoms with E-state index in [-0.39, 0.29) is 5.41 Å². The molecule has 0 aromatic heterocycles. The summed E-state index contributed by atoms with van der Waals surface area (Å²) in [5, 5.41) is 0. The second-order valence-corrected chi connectivity index (χ2v) is 2.88. The summed E-state index contributed by atoms with van der Waals surface area (Å²) in [7, 11) is 0. The van der Waals surface area contributed by atoms with E-state index in [1.807, 2.05) is 18.4 Å². The van der Waals surface area contributed by atoms with Crippen molar-refractivity contribution in [3.8, 4) is 0 Å². The summed E-state index contributed by atoms with van der Waals surface area (Å²) in [6.45, 7) is 11.2. The zero-order valence-electron chi connectivity index (χ0n) is 7.25. The maximum atomic E-state index is 3.95. The number of rotatable bonds is 4. The molecule has 0 bridgehead atoms. The van der Waals surface area contributed by atoms with Gasteiger partial charge in [-0.05, 0) is 0 Å². The molecule has 1 nitrogen and oxygen atoms in total. The molecule has 0 aliphatic heterocycles.